The molecule has 0 aromatic carbocycles. The Hall–Kier alpha value is 0.860. The van der Waals surface area contributed by atoms with Gasteiger partial charge in [-0.2, -0.15) is 0 Å². The monoisotopic (exact) mass is 542 g/mol. The third kappa shape index (κ3) is 4.07. The molecule has 3 atom stereocenters. The summed E-state index contributed by atoms with van der Waals surface area (Å²) < 4.78 is 0. The Morgan fingerprint density at radius 1 is 0.595 bits per heavy atom. The molecule has 0 radical (unpaired) electrons. The van der Waals surface area contributed by atoms with Crippen LogP contribution >= 0.6 is 17.2 Å². The van der Waals surface area contributed by atoms with Crippen LogP contribution in [0.3, 0.4) is 0 Å². The fraction of sp³-hybridized carbons (Fsp3) is 1.00. The average molecular weight is 543 g/mol. The van der Waals surface area contributed by atoms with Crippen LogP contribution in [0.2, 0.25) is 0 Å². The molecule has 0 aromatic heterocycles. The van der Waals surface area contributed by atoms with Crippen LogP contribution in [-0.2, 0) is 0 Å². The van der Waals surface area contributed by atoms with Gasteiger partial charge in [0.1, 0.15) is 0 Å². The second kappa shape index (κ2) is 8.69. The molecule has 0 aromatic rings. The Labute approximate surface area is 234 Å². The smallest absolute Gasteiger partial charge is 0.000640 e. The van der Waals surface area contributed by atoms with Crippen molar-refractivity contribution >= 4 is 17.2 Å². The van der Waals surface area contributed by atoms with Crippen LogP contribution in [0.5, 0.6) is 0 Å². The van der Waals surface area contributed by atoms with Crippen molar-refractivity contribution in [2.24, 2.45) is 58.2 Å². The summed E-state index contributed by atoms with van der Waals surface area (Å²) in [6.45, 7) is 15.5. The van der Waals surface area contributed by atoms with Gasteiger partial charge in [0.05, 0.1) is 0 Å². The molecular weight excluding hydrogens is 482 g/mol. The maximum absolute atomic E-state index is 3.97. The van der Waals surface area contributed by atoms with Crippen molar-refractivity contribution in [1.82, 2.24) is 0 Å². The van der Waals surface area contributed by atoms with Crippen molar-refractivity contribution in [2.75, 3.05) is 6.16 Å². The Kier molecular flexibility index (Phi) is 6.28. The zero-order valence-electron chi connectivity index (χ0n) is 25.5. The molecule has 8 bridgehead atoms. The number of hydrogen-bond donors (Lipinski definition) is 0. The second-order valence-corrected chi connectivity index (χ2v) is 23.3. The standard InChI is InChI=1S/C35H60P2/c1-31(2,3)37(32(4,5)6)22-29-8-7-9-30(29)35(36,33-16-23-10-24(17-33)12-25(11-23)18-33)34-19-26-13-27(20-34)15-28(14-26)21-34/h23-30H,7-22,36H2,1-6H3/t23?,24?,25?,26?,27?,28?,29-,30-,33?,34?,35?/m1/s1. The number of rotatable bonds is 5. The van der Waals surface area contributed by atoms with Gasteiger partial charge in [0.2, 0.25) is 0 Å². The molecule has 0 nitrogen and oxygen atoms in total. The largest absolute Gasteiger partial charge is 0.130 e. The first-order valence-corrected chi connectivity index (χ1v) is 19.0. The summed E-state index contributed by atoms with van der Waals surface area (Å²) in [6, 6.07) is 0. The summed E-state index contributed by atoms with van der Waals surface area (Å²) in [7, 11) is 3.97. The molecule has 0 saturated heterocycles. The van der Waals surface area contributed by atoms with Crippen LogP contribution in [0.25, 0.3) is 0 Å². The molecule has 9 saturated carbocycles. The first-order chi connectivity index (χ1) is 17.3. The molecule has 9 rings (SSSR count). The highest BCUT2D eigenvalue weighted by atomic mass is 31.1. The lowest BCUT2D eigenvalue weighted by Crippen LogP contribution is -2.69. The van der Waals surface area contributed by atoms with Crippen LogP contribution < -0.4 is 0 Å². The summed E-state index contributed by atoms with van der Waals surface area (Å²) in [5, 5.41) is 1.46. The summed E-state index contributed by atoms with van der Waals surface area (Å²) >= 11 is 0. The first-order valence-electron chi connectivity index (χ1n) is 16.9. The Morgan fingerprint density at radius 3 is 1.27 bits per heavy atom. The molecule has 9 aliphatic carbocycles. The molecule has 2 heteroatoms. The average Bonchev–Trinajstić information content (AvgIpc) is 3.22. The Balaban J connectivity index is 1.32. The first kappa shape index (κ1) is 26.7. The fourth-order valence-electron chi connectivity index (χ4n) is 14.2. The van der Waals surface area contributed by atoms with E-state index >= 15 is 0 Å². The van der Waals surface area contributed by atoms with E-state index in [9.17, 15) is 0 Å². The summed E-state index contributed by atoms with van der Waals surface area (Å²) in [6.07, 6.45) is 25.6. The van der Waals surface area contributed by atoms with E-state index in [0.29, 0.717) is 26.3 Å². The van der Waals surface area contributed by atoms with Gasteiger partial charge in [0, 0.05) is 0 Å². The van der Waals surface area contributed by atoms with E-state index in [1.165, 1.54) is 6.42 Å². The third-order valence-electron chi connectivity index (χ3n) is 14.1. The van der Waals surface area contributed by atoms with E-state index in [1.54, 1.807) is 96.1 Å². The minimum atomic E-state index is -0.00316. The maximum atomic E-state index is 3.97. The summed E-state index contributed by atoms with van der Waals surface area (Å²) in [4.78, 5) is 0. The third-order valence-corrected chi connectivity index (χ3v) is 19.8. The fourth-order valence-corrected chi connectivity index (χ4v) is 19.4. The van der Waals surface area contributed by atoms with Gasteiger partial charge in [-0.15, -0.1) is 9.24 Å². The second-order valence-electron chi connectivity index (χ2n) is 18.5. The molecule has 0 aliphatic heterocycles. The van der Waals surface area contributed by atoms with Gasteiger partial charge in [-0.1, -0.05) is 55.9 Å². The number of hydrogen-bond acceptors (Lipinski definition) is 0. The van der Waals surface area contributed by atoms with Gasteiger partial charge in [-0.05, 0) is 170 Å². The Bertz CT molecular complexity index is 757. The van der Waals surface area contributed by atoms with Crippen molar-refractivity contribution in [2.45, 2.75) is 153 Å². The van der Waals surface area contributed by atoms with Crippen LogP contribution in [0.15, 0.2) is 0 Å². The van der Waals surface area contributed by atoms with Gasteiger partial charge in [-0.25, -0.2) is 0 Å². The lowest BCUT2D eigenvalue weighted by atomic mass is 9.36. The van der Waals surface area contributed by atoms with E-state index in [2.05, 4.69) is 50.8 Å². The van der Waals surface area contributed by atoms with Crippen molar-refractivity contribution in [3.63, 3.8) is 0 Å². The van der Waals surface area contributed by atoms with Gasteiger partial charge in [0.25, 0.3) is 0 Å². The molecule has 9 fully saturated rings. The van der Waals surface area contributed by atoms with Gasteiger partial charge in [0.15, 0.2) is 0 Å². The van der Waals surface area contributed by atoms with E-state index in [0.717, 1.165) is 47.3 Å². The molecule has 0 amide bonds. The van der Waals surface area contributed by atoms with E-state index in [4.69, 9.17) is 0 Å². The SMILES string of the molecule is CC(C)(C)P(C[C@H]1CCC[C@H]1C(P)(C12CC3CC(CC(C3)C1)C2)C12CC3CC(CC(C3)C1)C2)C(C)(C)C. The van der Waals surface area contributed by atoms with Crippen LogP contribution in [0, 0.1) is 58.2 Å². The molecule has 37 heavy (non-hydrogen) atoms. The summed E-state index contributed by atoms with van der Waals surface area (Å²) in [5.74, 6) is 8.48. The highest BCUT2D eigenvalue weighted by molar-refractivity contribution is 7.60. The summed E-state index contributed by atoms with van der Waals surface area (Å²) in [5.41, 5.74) is 1.33. The molecule has 210 valence electrons. The van der Waals surface area contributed by atoms with Crippen molar-refractivity contribution in [3.8, 4) is 0 Å². The maximum Gasteiger partial charge on any atom is -0.000640 e. The van der Waals surface area contributed by atoms with Gasteiger partial charge < -0.3 is 0 Å². The molecule has 0 heterocycles. The highest BCUT2D eigenvalue weighted by Gasteiger charge is 2.71. The van der Waals surface area contributed by atoms with Crippen LogP contribution in [0.1, 0.15) is 138 Å². The predicted molar refractivity (Wildman–Crippen MR) is 166 cm³/mol. The Morgan fingerprint density at radius 2 is 0.946 bits per heavy atom. The lowest BCUT2D eigenvalue weighted by Gasteiger charge is -2.74. The topological polar surface area (TPSA) is 0 Å². The minimum absolute atomic E-state index is 0.00316. The van der Waals surface area contributed by atoms with E-state index < -0.39 is 0 Å². The zero-order chi connectivity index (χ0) is 26.0. The molecule has 0 N–H and O–H groups in total. The van der Waals surface area contributed by atoms with Crippen molar-refractivity contribution in [3.05, 3.63) is 0 Å². The quantitative estimate of drug-likeness (QED) is 0.303. The normalized spacial score (nSPS) is 50.3. The van der Waals surface area contributed by atoms with Gasteiger partial charge in [-0.3, -0.25) is 0 Å². The lowest BCUT2D eigenvalue weighted by molar-refractivity contribution is -0.173. The van der Waals surface area contributed by atoms with E-state index in [1.807, 2.05) is 0 Å². The van der Waals surface area contributed by atoms with Gasteiger partial charge >= 0.3 is 0 Å². The molecule has 1 unspecified atom stereocenters. The zero-order valence-corrected chi connectivity index (χ0v) is 27.5. The predicted octanol–water partition coefficient (Wildman–Crippen LogP) is 10.5. The van der Waals surface area contributed by atoms with E-state index in [-0.39, 0.29) is 7.92 Å². The molecular formula is C35H60P2. The van der Waals surface area contributed by atoms with Crippen LogP contribution in [-0.4, -0.2) is 21.6 Å². The molecule has 0 spiro atoms. The van der Waals surface area contributed by atoms with Crippen LogP contribution in [0.4, 0.5) is 0 Å². The molecule has 9 aliphatic rings. The minimum Gasteiger partial charge on any atom is -0.130 e. The highest BCUT2D eigenvalue weighted by Crippen LogP contribution is 2.78. The van der Waals surface area contributed by atoms with Crippen molar-refractivity contribution < 1.29 is 0 Å². The van der Waals surface area contributed by atoms with Crippen molar-refractivity contribution in [1.29, 1.82) is 0 Å².